The van der Waals surface area contributed by atoms with Crippen molar-refractivity contribution in [3.63, 3.8) is 0 Å². The molecule has 1 fully saturated rings. The molecule has 1 aromatic rings. The number of rotatable bonds is 3. The van der Waals surface area contributed by atoms with Gasteiger partial charge in [-0.25, -0.2) is 9.97 Å². The van der Waals surface area contributed by atoms with Crippen molar-refractivity contribution in [3.8, 4) is 0 Å². The van der Waals surface area contributed by atoms with E-state index in [1.807, 2.05) is 24.2 Å². The molecule has 1 aromatic heterocycles. The van der Waals surface area contributed by atoms with Crippen molar-refractivity contribution >= 4 is 11.8 Å². The summed E-state index contributed by atoms with van der Waals surface area (Å²) < 4.78 is 0. The van der Waals surface area contributed by atoms with Gasteiger partial charge in [0.05, 0.1) is 0 Å². The van der Waals surface area contributed by atoms with E-state index < -0.39 is 0 Å². The Morgan fingerprint density at radius 3 is 3.00 bits per heavy atom. The summed E-state index contributed by atoms with van der Waals surface area (Å²) in [7, 11) is 0. The number of thioether (sulfide) groups is 1. The van der Waals surface area contributed by atoms with Crippen molar-refractivity contribution in [3.05, 3.63) is 24.3 Å². The summed E-state index contributed by atoms with van der Waals surface area (Å²) in [5.74, 6) is 2.54. The molecule has 0 spiro atoms. The zero-order chi connectivity index (χ0) is 8.93. The highest BCUT2D eigenvalue weighted by Gasteiger charge is 2.13. The Kier molecular flexibility index (Phi) is 3.16. The Balaban J connectivity index is 1.79. The van der Waals surface area contributed by atoms with Crippen molar-refractivity contribution < 1.29 is 0 Å². The highest BCUT2D eigenvalue weighted by Crippen LogP contribution is 2.17. The lowest BCUT2D eigenvalue weighted by Crippen LogP contribution is -2.27. The van der Waals surface area contributed by atoms with Gasteiger partial charge in [-0.3, -0.25) is 0 Å². The second-order valence-electron chi connectivity index (χ2n) is 3.19. The minimum Gasteiger partial charge on any atom is -0.309 e. The maximum atomic E-state index is 3.97. The van der Waals surface area contributed by atoms with Crippen molar-refractivity contribution in [2.45, 2.75) is 19.0 Å². The van der Waals surface area contributed by atoms with Crippen molar-refractivity contribution in [1.82, 2.24) is 15.3 Å². The van der Waals surface area contributed by atoms with Gasteiger partial charge in [0, 0.05) is 36.3 Å². The van der Waals surface area contributed by atoms with E-state index in [1.165, 1.54) is 23.5 Å². The molecule has 2 heterocycles. The third kappa shape index (κ3) is 2.67. The third-order valence-corrected chi connectivity index (χ3v) is 3.30. The quantitative estimate of drug-likeness (QED) is 0.783. The van der Waals surface area contributed by atoms with Crippen LogP contribution in [0.4, 0.5) is 0 Å². The average Bonchev–Trinajstić information content (AvgIpc) is 2.69. The van der Waals surface area contributed by atoms with Crippen LogP contribution in [0.3, 0.4) is 0 Å². The van der Waals surface area contributed by atoms with E-state index in [-0.39, 0.29) is 0 Å². The summed E-state index contributed by atoms with van der Waals surface area (Å²) in [5.41, 5.74) is 1.17. The van der Waals surface area contributed by atoms with Gasteiger partial charge in [-0.2, -0.15) is 11.8 Å². The molecule has 2 rings (SSSR count). The van der Waals surface area contributed by atoms with E-state index in [4.69, 9.17) is 0 Å². The fourth-order valence-electron chi connectivity index (χ4n) is 1.38. The minimum absolute atomic E-state index is 0.685. The summed E-state index contributed by atoms with van der Waals surface area (Å²) in [4.78, 5) is 7.95. The fourth-order valence-corrected chi connectivity index (χ4v) is 2.57. The lowest BCUT2D eigenvalue weighted by molar-refractivity contribution is 0.556. The monoisotopic (exact) mass is 195 g/mol. The third-order valence-electron chi connectivity index (χ3n) is 2.14. The van der Waals surface area contributed by atoms with E-state index in [2.05, 4.69) is 15.3 Å². The molecule has 1 aliphatic heterocycles. The van der Waals surface area contributed by atoms with Crippen LogP contribution in [0.15, 0.2) is 18.7 Å². The molecule has 0 radical (unpaired) electrons. The molecule has 0 bridgehead atoms. The SMILES string of the molecule is c1ncc(CNC2CCSC2)cn1. The van der Waals surface area contributed by atoms with Crippen LogP contribution < -0.4 is 5.32 Å². The molecule has 0 aromatic carbocycles. The van der Waals surface area contributed by atoms with Crippen LogP contribution in [0.5, 0.6) is 0 Å². The standard InChI is InChI=1S/C9H13N3S/c1-2-13-6-9(1)12-5-8-3-10-7-11-4-8/h3-4,7,9,12H,1-2,5-6H2. The molecular weight excluding hydrogens is 182 g/mol. The highest BCUT2D eigenvalue weighted by atomic mass is 32.2. The van der Waals surface area contributed by atoms with Crippen molar-refractivity contribution in [2.24, 2.45) is 0 Å². The Morgan fingerprint density at radius 2 is 2.31 bits per heavy atom. The summed E-state index contributed by atoms with van der Waals surface area (Å²) >= 11 is 2.02. The van der Waals surface area contributed by atoms with Crippen LogP contribution in [-0.4, -0.2) is 27.5 Å². The Morgan fingerprint density at radius 1 is 1.46 bits per heavy atom. The number of hydrogen-bond acceptors (Lipinski definition) is 4. The molecule has 1 atom stereocenters. The molecular formula is C9H13N3S. The van der Waals surface area contributed by atoms with Gasteiger partial charge in [-0.1, -0.05) is 0 Å². The van der Waals surface area contributed by atoms with Gasteiger partial charge in [0.25, 0.3) is 0 Å². The Labute approximate surface area is 82.4 Å². The first kappa shape index (κ1) is 8.97. The fraction of sp³-hybridized carbons (Fsp3) is 0.556. The van der Waals surface area contributed by atoms with Crippen LogP contribution in [0.1, 0.15) is 12.0 Å². The molecule has 0 saturated carbocycles. The largest absolute Gasteiger partial charge is 0.309 e. The van der Waals surface area contributed by atoms with E-state index in [1.54, 1.807) is 6.33 Å². The van der Waals surface area contributed by atoms with E-state index in [0.29, 0.717) is 6.04 Å². The van der Waals surface area contributed by atoms with Crippen LogP contribution in [0, 0.1) is 0 Å². The summed E-state index contributed by atoms with van der Waals surface area (Å²) in [6.07, 6.45) is 6.58. The molecule has 1 saturated heterocycles. The summed E-state index contributed by atoms with van der Waals surface area (Å²) in [5, 5.41) is 3.50. The topological polar surface area (TPSA) is 37.8 Å². The molecule has 70 valence electrons. The van der Waals surface area contributed by atoms with Crippen LogP contribution >= 0.6 is 11.8 Å². The molecule has 0 aliphatic carbocycles. The first-order valence-corrected chi connectivity index (χ1v) is 5.65. The first-order chi connectivity index (χ1) is 6.45. The van der Waals surface area contributed by atoms with E-state index in [0.717, 1.165) is 6.54 Å². The van der Waals surface area contributed by atoms with Crippen molar-refractivity contribution in [2.75, 3.05) is 11.5 Å². The predicted molar refractivity (Wildman–Crippen MR) is 54.6 cm³/mol. The zero-order valence-corrected chi connectivity index (χ0v) is 8.26. The van der Waals surface area contributed by atoms with E-state index >= 15 is 0 Å². The summed E-state index contributed by atoms with van der Waals surface area (Å²) in [6, 6.07) is 0.685. The smallest absolute Gasteiger partial charge is 0.115 e. The maximum absolute atomic E-state index is 3.97. The highest BCUT2D eigenvalue weighted by molar-refractivity contribution is 7.99. The molecule has 13 heavy (non-hydrogen) atoms. The molecule has 0 amide bonds. The predicted octanol–water partition coefficient (Wildman–Crippen LogP) is 1.07. The number of nitrogens with one attached hydrogen (secondary N) is 1. The summed E-state index contributed by atoms with van der Waals surface area (Å²) in [6.45, 7) is 0.895. The lowest BCUT2D eigenvalue weighted by atomic mass is 10.2. The second-order valence-corrected chi connectivity index (χ2v) is 4.34. The maximum Gasteiger partial charge on any atom is 0.115 e. The molecule has 4 heteroatoms. The number of nitrogens with zero attached hydrogens (tertiary/aromatic N) is 2. The van der Waals surface area contributed by atoms with E-state index in [9.17, 15) is 0 Å². The first-order valence-electron chi connectivity index (χ1n) is 4.50. The zero-order valence-electron chi connectivity index (χ0n) is 7.44. The normalized spacial score (nSPS) is 22.0. The Bertz CT molecular complexity index is 246. The van der Waals surface area contributed by atoms with Gasteiger partial charge in [0.2, 0.25) is 0 Å². The average molecular weight is 195 g/mol. The minimum atomic E-state index is 0.685. The molecule has 1 aliphatic rings. The van der Waals surface area contributed by atoms with Crippen LogP contribution in [0.25, 0.3) is 0 Å². The Hall–Kier alpha value is -0.610. The molecule has 3 nitrogen and oxygen atoms in total. The van der Waals surface area contributed by atoms with Gasteiger partial charge in [-0.05, 0) is 12.2 Å². The van der Waals surface area contributed by atoms with Gasteiger partial charge >= 0.3 is 0 Å². The van der Waals surface area contributed by atoms with Gasteiger partial charge in [0.15, 0.2) is 0 Å². The van der Waals surface area contributed by atoms with Gasteiger partial charge in [-0.15, -0.1) is 0 Å². The lowest BCUT2D eigenvalue weighted by Gasteiger charge is -2.09. The van der Waals surface area contributed by atoms with Crippen molar-refractivity contribution in [1.29, 1.82) is 0 Å². The second kappa shape index (κ2) is 4.58. The molecule has 1 N–H and O–H groups in total. The van der Waals surface area contributed by atoms with Gasteiger partial charge < -0.3 is 5.32 Å². The van der Waals surface area contributed by atoms with Crippen LogP contribution in [-0.2, 0) is 6.54 Å². The number of aromatic nitrogens is 2. The number of hydrogen-bond donors (Lipinski definition) is 1. The van der Waals surface area contributed by atoms with Gasteiger partial charge in [0.1, 0.15) is 6.33 Å². The van der Waals surface area contributed by atoms with Crippen LogP contribution in [0.2, 0.25) is 0 Å². The molecule has 1 unspecified atom stereocenters.